The number of fused-ring (bicyclic) bond motifs is 1. The fourth-order valence-electron chi connectivity index (χ4n) is 2.55. The molecule has 1 saturated heterocycles. The Balaban J connectivity index is 1.76. The van der Waals surface area contributed by atoms with Crippen LogP contribution < -0.4 is 10.6 Å². The first-order valence-electron chi connectivity index (χ1n) is 6.90. The molecule has 3 N–H and O–H groups in total. The summed E-state index contributed by atoms with van der Waals surface area (Å²) in [4.78, 5) is 24.1. The maximum atomic E-state index is 12.1. The number of rotatable bonds is 2. The smallest absolute Gasteiger partial charge is 0.257 e. The lowest BCUT2D eigenvalue weighted by molar-refractivity contribution is -0.123. The Morgan fingerprint density at radius 1 is 1.14 bits per heavy atom. The van der Waals surface area contributed by atoms with E-state index in [1.165, 1.54) is 0 Å². The molecule has 1 unspecified atom stereocenters. The molecule has 0 aliphatic carbocycles. The molecule has 0 bridgehead atoms. The second kappa shape index (κ2) is 5.63. The van der Waals surface area contributed by atoms with E-state index in [9.17, 15) is 14.7 Å². The molecule has 2 aromatic carbocycles. The van der Waals surface area contributed by atoms with Crippen LogP contribution in [-0.4, -0.2) is 35.6 Å². The zero-order valence-electron chi connectivity index (χ0n) is 11.4. The third kappa shape index (κ3) is 2.79. The number of benzene rings is 2. The van der Waals surface area contributed by atoms with E-state index >= 15 is 0 Å². The van der Waals surface area contributed by atoms with E-state index in [4.69, 9.17) is 0 Å². The first-order valence-corrected chi connectivity index (χ1v) is 6.90. The SMILES string of the molecule is O=C(NC(=O)[C@H]1NCCC1O)c1ccc2ccccc2c1. The van der Waals surface area contributed by atoms with Gasteiger partial charge in [-0.05, 0) is 35.9 Å². The van der Waals surface area contributed by atoms with Crippen molar-refractivity contribution < 1.29 is 14.7 Å². The molecule has 0 aromatic heterocycles. The van der Waals surface area contributed by atoms with E-state index in [-0.39, 0.29) is 0 Å². The van der Waals surface area contributed by atoms with Crippen molar-refractivity contribution in [1.82, 2.24) is 10.6 Å². The van der Waals surface area contributed by atoms with E-state index in [2.05, 4.69) is 10.6 Å². The van der Waals surface area contributed by atoms with Gasteiger partial charge in [-0.2, -0.15) is 0 Å². The Morgan fingerprint density at radius 3 is 2.62 bits per heavy atom. The summed E-state index contributed by atoms with van der Waals surface area (Å²) in [6.45, 7) is 0.573. The fourth-order valence-corrected chi connectivity index (χ4v) is 2.55. The summed E-state index contributed by atoms with van der Waals surface area (Å²) in [5.74, 6) is -0.940. The average molecular weight is 284 g/mol. The highest BCUT2D eigenvalue weighted by Crippen LogP contribution is 2.15. The van der Waals surface area contributed by atoms with Crippen LogP contribution in [0.25, 0.3) is 10.8 Å². The summed E-state index contributed by atoms with van der Waals surface area (Å²) >= 11 is 0. The van der Waals surface area contributed by atoms with E-state index in [0.717, 1.165) is 10.8 Å². The molecule has 108 valence electrons. The maximum absolute atomic E-state index is 12.1. The maximum Gasteiger partial charge on any atom is 0.257 e. The summed E-state index contributed by atoms with van der Waals surface area (Å²) in [5, 5.41) is 16.8. The van der Waals surface area contributed by atoms with Crippen molar-refractivity contribution in [2.24, 2.45) is 0 Å². The molecule has 5 nitrogen and oxygen atoms in total. The zero-order valence-corrected chi connectivity index (χ0v) is 11.4. The molecule has 21 heavy (non-hydrogen) atoms. The van der Waals surface area contributed by atoms with Crippen molar-refractivity contribution in [1.29, 1.82) is 0 Å². The van der Waals surface area contributed by atoms with Gasteiger partial charge in [0.15, 0.2) is 0 Å². The molecular formula is C16H16N2O3. The van der Waals surface area contributed by atoms with Crippen molar-refractivity contribution in [2.45, 2.75) is 18.6 Å². The number of hydrogen-bond acceptors (Lipinski definition) is 4. The lowest BCUT2D eigenvalue weighted by atomic mass is 10.1. The van der Waals surface area contributed by atoms with Gasteiger partial charge in [-0.25, -0.2) is 0 Å². The number of aliphatic hydroxyl groups excluding tert-OH is 1. The van der Waals surface area contributed by atoms with Crippen molar-refractivity contribution in [3.05, 3.63) is 48.0 Å². The number of hydrogen-bond donors (Lipinski definition) is 3. The van der Waals surface area contributed by atoms with Crippen LogP contribution in [0.2, 0.25) is 0 Å². The van der Waals surface area contributed by atoms with Crippen LogP contribution in [-0.2, 0) is 4.79 Å². The summed E-state index contributed by atoms with van der Waals surface area (Å²) in [7, 11) is 0. The van der Waals surface area contributed by atoms with E-state index < -0.39 is 24.0 Å². The highest BCUT2D eigenvalue weighted by Gasteiger charge is 2.32. The Morgan fingerprint density at radius 2 is 1.90 bits per heavy atom. The van der Waals surface area contributed by atoms with Crippen LogP contribution in [0.3, 0.4) is 0 Å². The molecule has 1 aliphatic heterocycles. The van der Waals surface area contributed by atoms with Gasteiger partial charge in [0.2, 0.25) is 5.91 Å². The van der Waals surface area contributed by atoms with Crippen LogP contribution >= 0.6 is 0 Å². The monoisotopic (exact) mass is 284 g/mol. The van der Waals surface area contributed by atoms with E-state index in [1.54, 1.807) is 12.1 Å². The Kier molecular flexibility index (Phi) is 3.68. The zero-order chi connectivity index (χ0) is 14.8. The second-order valence-corrected chi connectivity index (χ2v) is 5.17. The number of carbonyl (C=O) groups is 2. The van der Waals surface area contributed by atoms with Gasteiger partial charge >= 0.3 is 0 Å². The summed E-state index contributed by atoms with van der Waals surface area (Å²) in [5.41, 5.74) is 0.425. The minimum Gasteiger partial charge on any atom is -0.391 e. The highest BCUT2D eigenvalue weighted by atomic mass is 16.3. The normalized spacial score (nSPS) is 21.4. The van der Waals surface area contributed by atoms with Gasteiger partial charge in [-0.15, -0.1) is 0 Å². The first kappa shape index (κ1) is 13.7. The average Bonchev–Trinajstić information content (AvgIpc) is 2.93. The van der Waals surface area contributed by atoms with Crippen molar-refractivity contribution in [3.63, 3.8) is 0 Å². The molecule has 2 amide bonds. The molecule has 1 fully saturated rings. The van der Waals surface area contributed by atoms with Crippen molar-refractivity contribution >= 4 is 22.6 Å². The van der Waals surface area contributed by atoms with Crippen LogP contribution in [0.1, 0.15) is 16.8 Å². The van der Waals surface area contributed by atoms with Crippen molar-refractivity contribution in [3.8, 4) is 0 Å². The van der Waals surface area contributed by atoms with Crippen molar-refractivity contribution in [2.75, 3.05) is 6.54 Å². The Bertz CT molecular complexity index is 699. The lowest BCUT2D eigenvalue weighted by Crippen LogP contribution is -2.47. The molecular weight excluding hydrogens is 268 g/mol. The second-order valence-electron chi connectivity index (χ2n) is 5.17. The number of imide groups is 1. The van der Waals surface area contributed by atoms with Crippen LogP contribution in [0.15, 0.2) is 42.5 Å². The molecule has 0 spiro atoms. The standard InChI is InChI=1S/C16H16N2O3/c19-13-7-8-17-14(13)16(21)18-15(20)12-6-5-10-3-1-2-4-11(10)9-12/h1-6,9,13-14,17,19H,7-8H2,(H,18,20,21)/t13?,14-/m0/s1. The highest BCUT2D eigenvalue weighted by molar-refractivity contribution is 6.07. The van der Waals surface area contributed by atoms with Crippen LogP contribution in [0, 0.1) is 0 Å². The molecule has 0 radical (unpaired) electrons. The van der Waals surface area contributed by atoms with Crippen LogP contribution in [0.4, 0.5) is 0 Å². The minimum absolute atomic E-state index is 0.425. The van der Waals surface area contributed by atoms with Gasteiger partial charge in [0, 0.05) is 5.56 Å². The Labute approximate surface area is 122 Å². The number of carbonyl (C=O) groups excluding carboxylic acids is 2. The third-order valence-electron chi connectivity index (χ3n) is 3.72. The molecule has 3 rings (SSSR count). The lowest BCUT2D eigenvalue weighted by Gasteiger charge is -2.14. The molecule has 1 heterocycles. The molecule has 2 aromatic rings. The fraction of sp³-hybridized carbons (Fsp3) is 0.250. The van der Waals surface area contributed by atoms with E-state index in [0.29, 0.717) is 18.5 Å². The quantitative estimate of drug-likeness (QED) is 0.713. The summed E-state index contributed by atoms with van der Waals surface area (Å²) < 4.78 is 0. The largest absolute Gasteiger partial charge is 0.391 e. The predicted molar refractivity (Wildman–Crippen MR) is 78.8 cm³/mol. The molecule has 1 aliphatic rings. The molecule has 5 heteroatoms. The predicted octanol–water partition coefficient (Wildman–Crippen LogP) is 0.819. The summed E-state index contributed by atoms with van der Waals surface area (Å²) in [6, 6.07) is 12.3. The van der Waals surface area contributed by atoms with Gasteiger partial charge in [0.1, 0.15) is 6.04 Å². The number of nitrogens with one attached hydrogen (secondary N) is 2. The van der Waals surface area contributed by atoms with Gasteiger partial charge in [0.25, 0.3) is 5.91 Å². The van der Waals surface area contributed by atoms with E-state index in [1.807, 2.05) is 30.3 Å². The minimum atomic E-state index is -0.741. The topological polar surface area (TPSA) is 78.4 Å². The van der Waals surface area contributed by atoms with Gasteiger partial charge in [-0.1, -0.05) is 30.3 Å². The molecule has 2 atom stereocenters. The number of amides is 2. The van der Waals surface area contributed by atoms with Crippen LogP contribution in [0.5, 0.6) is 0 Å². The third-order valence-corrected chi connectivity index (χ3v) is 3.72. The summed E-state index contributed by atoms with van der Waals surface area (Å²) in [6.07, 6.45) is -0.225. The van der Waals surface area contributed by atoms with Gasteiger partial charge in [-0.3, -0.25) is 14.9 Å². The Hall–Kier alpha value is -2.24. The first-order chi connectivity index (χ1) is 10.1. The van der Waals surface area contributed by atoms with Gasteiger partial charge in [0.05, 0.1) is 6.10 Å². The van der Waals surface area contributed by atoms with Gasteiger partial charge < -0.3 is 10.4 Å². The molecule has 0 saturated carbocycles. The number of aliphatic hydroxyl groups is 1.